The largest absolute Gasteiger partial charge is 0.493 e. The van der Waals surface area contributed by atoms with Crippen LogP contribution < -0.4 is 14.8 Å². The Balaban J connectivity index is 1.68. The second-order valence-electron chi connectivity index (χ2n) is 5.17. The Kier molecular flexibility index (Phi) is 5.46. The first kappa shape index (κ1) is 17.5. The second-order valence-corrected chi connectivity index (χ2v) is 6.20. The number of hydrogen-bond donors (Lipinski definition) is 1. The number of methoxy groups -OCH3 is 1. The SMILES string of the molecule is COc1cc(C=CC(=O)Nc2nc3ccccc3s2)ccc1OCC#N. The third kappa shape index (κ3) is 4.18. The zero-order valence-corrected chi connectivity index (χ0v) is 14.7. The highest BCUT2D eigenvalue weighted by atomic mass is 32.1. The van der Waals surface area contributed by atoms with Crippen LogP contribution in [0.4, 0.5) is 5.13 Å². The molecule has 1 amide bonds. The van der Waals surface area contributed by atoms with Crippen molar-refractivity contribution < 1.29 is 14.3 Å². The Bertz CT molecular complexity index is 972. The molecule has 26 heavy (non-hydrogen) atoms. The van der Waals surface area contributed by atoms with Crippen molar-refractivity contribution >= 4 is 38.7 Å². The van der Waals surface area contributed by atoms with Gasteiger partial charge < -0.3 is 9.47 Å². The minimum atomic E-state index is -0.271. The fraction of sp³-hybridized carbons (Fsp3) is 0.105. The van der Waals surface area contributed by atoms with Crippen molar-refractivity contribution in [3.05, 3.63) is 54.1 Å². The molecule has 0 bridgehead atoms. The molecule has 130 valence electrons. The fourth-order valence-corrected chi connectivity index (χ4v) is 3.13. The Morgan fingerprint density at radius 3 is 2.92 bits per heavy atom. The lowest BCUT2D eigenvalue weighted by Gasteiger charge is -2.08. The van der Waals surface area contributed by atoms with E-state index in [4.69, 9.17) is 14.7 Å². The first-order valence-electron chi connectivity index (χ1n) is 7.72. The highest BCUT2D eigenvalue weighted by molar-refractivity contribution is 7.22. The van der Waals surface area contributed by atoms with Gasteiger partial charge in [-0.1, -0.05) is 29.5 Å². The second kappa shape index (κ2) is 8.14. The lowest BCUT2D eigenvalue weighted by molar-refractivity contribution is -0.111. The monoisotopic (exact) mass is 365 g/mol. The normalized spacial score (nSPS) is 10.6. The average Bonchev–Trinajstić information content (AvgIpc) is 3.07. The number of hydrogen-bond acceptors (Lipinski definition) is 6. The molecule has 1 N–H and O–H groups in total. The zero-order chi connectivity index (χ0) is 18.4. The van der Waals surface area contributed by atoms with Crippen LogP contribution in [0.5, 0.6) is 11.5 Å². The molecule has 0 aliphatic carbocycles. The van der Waals surface area contributed by atoms with Crippen LogP contribution in [0.15, 0.2) is 48.5 Å². The molecular weight excluding hydrogens is 350 g/mol. The van der Waals surface area contributed by atoms with Gasteiger partial charge in [-0.3, -0.25) is 10.1 Å². The highest BCUT2D eigenvalue weighted by Gasteiger charge is 2.07. The fourth-order valence-electron chi connectivity index (χ4n) is 2.26. The summed E-state index contributed by atoms with van der Waals surface area (Å²) in [7, 11) is 1.52. The number of nitrogens with zero attached hydrogens (tertiary/aromatic N) is 2. The molecule has 3 rings (SSSR count). The maximum Gasteiger partial charge on any atom is 0.250 e. The van der Waals surface area contributed by atoms with E-state index >= 15 is 0 Å². The number of anilines is 1. The van der Waals surface area contributed by atoms with E-state index in [1.54, 1.807) is 24.3 Å². The van der Waals surface area contributed by atoms with Gasteiger partial charge in [-0.2, -0.15) is 5.26 Å². The number of nitrogens with one attached hydrogen (secondary N) is 1. The van der Waals surface area contributed by atoms with E-state index in [2.05, 4.69) is 10.3 Å². The summed E-state index contributed by atoms with van der Waals surface area (Å²) in [6.07, 6.45) is 3.09. The number of carbonyl (C=O) groups is 1. The molecule has 0 fully saturated rings. The van der Waals surface area contributed by atoms with Gasteiger partial charge in [0.15, 0.2) is 23.2 Å². The quantitative estimate of drug-likeness (QED) is 0.671. The summed E-state index contributed by atoms with van der Waals surface area (Å²) in [6, 6.07) is 14.8. The van der Waals surface area contributed by atoms with E-state index in [9.17, 15) is 4.79 Å². The Hall–Kier alpha value is -3.37. The van der Waals surface area contributed by atoms with E-state index in [-0.39, 0.29) is 12.5 Å². The van der Waals surface area contributed by atoms with Crippen molar-refractivity contribution in [2.75, 3.05) is 19.0 Å². The van der Waals surface area contributed by atoms with E-state index < -0.39 is 0 Å². The number of carbonyl (C=O) groups excluding carboxylic acids is 1. The van der Waals surface area contributed by atoms with Gasteiger partial charge in [0, 0.05) is 6.08 Å². The standard InChI is InChI=1S/C19H15N3O3S/c1-24-16-12-13(6-8-15(16)25-11-10-20)7-9-18(23)22-19-21-14-4-2-3-5-17(14)26-19/h2-9,12H,11H2,1H3,(H,21,22,23). The minimum absolute atomic E-state index is 0.0594. The summed E-state index contributed by atoms with van der Waals surface area (Å²) in [6.45, 7) is -0.0594. The van der Waals surface area contributed by atoms with Gasteiger partial charge in [0.2, 0.25) is 5.91 Å². The summed E-state index contributed by atoms with van der Waals surface area (Å²) in [4.78, 5) is 16.5. The predicted molar refractivity (Wildman–Crippen MR) is 101 cm³/mol. The molecule has 1 heterocycles. The molecule has 2 aromatic carbocycles. The molecule has 0 aliphatic rings. The first-order valence-corrected chi connectivity index (χ1v) is 8.53. The number of benzene rings is 2. The summed E-state index contributed by atoms with van der Waals surface area (Å²) >= 11 is 1.42. The van der Waals surface area contributed by atoms with Gasteiger partial charge in [0.25, 0.3) is 0 Å². The maximum absolute atomic E-state index is 12.1. The van der Waals surface area contributed by atoms with Crippen LogP contribution in [0, 0.1) is 11.3 Å². The molecular formula is C19H15N3O3S. The summed E-state index contributed by atoms with van der Waals surface area (Å²) in [5, 5.41) is 11.9. The van der Waals surface area contributed by atoms with Crippen molar-refractivity contribution in [2.45, 2.75) is 0 Å². The van der Waals surface area contributed by atoms with Gasteiger partial charge in [-0.15, -0.1) is 0 Å². The van der Waals surface area contributed by atoms with E-state index in [1.807, 2.05) is 30.3 Å². The number of amides is 1. The van der Waals surface area contributed by atoms with Gasteiger partial charge in [-0.05, 0) is 35.9 Å². The highest BCUT2D eigenvalue weighted by Crippen LogP contribution is 2.28. The lowest BCUT2D eigenvalue weighted by Crippen LogP contribution is -2.07. The van der Waals surface area contributed by atoms with Crippen LogP contribution in [0.2, 0.25) is 0 Å². The molecule has 3 aromatic rings. The summed E-state index contributed by atoms with van der Waals surface area (Å²) in [5.74, 6) is 0.701. The number of aromatic nitrogens is 1. The van der Waals surface area contributed by atoms with Crippen LogP contribution in [-0.4, -0.2) is 24.6 Å². The Labute approximate surface area is 154 Å². The van der Waals surface area contributed by atoms with Crippen LogP contribution in [-0.2, 0) is 4.79 Å². The molecule has 0 aliphatic heterocycles. The Morgan fingerprint density at radius 1 is 1.31 bits per heavy atom. The number of fused-ring (bicyclic) bond motifs is 1. The third-order valence-corrected chi connectivity index (χ3v) is 4.38. The number of nitriles is 1. The number of rotatable bonds is 6. The number of ether oxygens (including phenoxy) is 2. The van der Waals surface area contributed by atoms with Gasteiger partial charge in [0.1, 0.15) is 6.07 Å². The van der Waals surface area contributed by atoms with E-state index in [0.29, 0.717) is 16.6 Å². The molecule has 1 aromatic heterocycles. The minimum Gasteiger partial charge on any atom is -0.493 e. The molecule has 0 atom stereocenters. The van der Waals surface area contributed by atoms with Crippen LogP contribution in [0.1, 0.15) is 5.56 Å². The van der Waals surface area contributed by atoms with Crippen molar-refractivity contribution in [1.29, 1.82) is 5.26 Å². The van der Waals surface area contributed by atoms with Crippen molar-refractivity contribution in [3.63, 3.8) is 0 Å². The van der Waals surface area contributed by atoms with Crippen molar-refractivity contribution in [3.8, 4) is 17.6 Å². The van der Waals surface area contributed by atoms with Gasteiger partial charge >= 0.3 is 0 Å². The maximum atomic E-state index is 12.1. The van der Waals surface area contributed by atoms with E-state index in [0.717, 1.165) is 15.8 Å². The van der Waals surface area contributed by atoms with Crippen molar-refractivity contribution in [1.82, 2.24) is 4.98 Å². The zero-order valence-electron chi connectivity index (χ0n) is 13.9. The van der Waals surface area contributed by atoms with Gasteiger partial charge in [0.05, 0.1) is 17.3 Å². The smallest absolute Gasteiger partial charge is 0.250 e. The summed E-state index contributed by atoms with van der Waals surface area (Å²) in [5.41, 5.74) is 1.63. The predicted octanol–water partition coefficient (Wildman–Crippen LogP) is 3.86. The Morgan fingerprint density at radius 2 is 2.15 bits per heavy atom. The molecule has 0 saturated heterocycles. The molecule has 0 saturated carbocycles. The molecule has 7 heteroatoms. The van der Waals surface area contributed by atoms with Crippen LogP contribution in [0.25, 0.3) is 16.3 Å². The molecule has 0 spiro atoms. The summed E-state index contributed by atoms with van der Waals surface area (Å²) < 4.78 is 11.5. The number of para-hydroxylation sites is 1. The topological polar surface area (TPSA) is 84.2 Å². The van der Waals surface area contributed by atoms with Crippen molar-refractivity contribution in [2.24, 2.45) is 0 Å². The van der Waals surface area contributed by atoms with Gasteiger partial charge in [-0.25, -0.2) is 4.98 Å². The van der Waals surface area contributed by atoms with Crippen LogP contribution in [0.3, 0.4) is 0 Å². The molecule has 0 radical (unpaired) electrons. The van der Waals surface area contributed by atoms with Crippen LogP contribution >= 0.6 is 11.3 Å². The first-order chi connectivity index (χ1) is 12.7. The lowest BCUT2D eigenvalue weighted by atomic mass is 10.2. The third-order valence-electron chi connectivity index (χ3n) is 3.43. The average molecular weight is 365 g/mol. The molecule has 6 nitrogen and oxygen atoms in total. The number of thiazole rings is 1. The van der Waals surface area contributed by atoms with E-state index in [1.165, 1.54) is 24.5 Å². The molecule has 0 unspecified atom stereocenters.